The topological polar surface area (TPSA) is 66.6 Å². The molecule has 0 unspecified atom stereocenters. The summed E-state index contributed by atoms with van der Waals surface area (Å²) < 4.78 is 0. The van der Waals surface area contributed by atoms with E-state index >= 15 is 0 Å². The van der Waals surface area contributed by atoms with Gasteiger partial charge in [-0.05, 0) is 33.1 Å². The van der Waals surface area contributed by atoms with Gasteiger partial charge in [0.25, 0.3) is 0 Å². The van der Waals surface area contributed by atoms with Crippen molar-refractivity contribution in [2.45, 2.75) is 45.1 Å². The van der Waals surface area contributed by atoms with Crippen LogP contribution in [0.15, 0.2) is 0 Å². The van der Waals surface area contributed by atoms with Gasteiger partial charge in [-0.1, -0.05) is 0 Å². The molecule has 0 aromatic carbocycles. The molecule has 2 N–H and O–H groups in total. The van der Waals surface area contributed by atoms with E-state index in [-0.39, 0.29) is 23.3 Å². The first-order valence-corrected chi connectivity index (χ1v) is 7.22. The zero-order valence-electron chi connectivity index (χ0n) is 12.0. The Kier molecular flexibility index (Phi) is 4.13. The van der Waals surface area contributed by atoms with Gasteiger partial charge in [0.1, 0.15) is 0 Å². The molecule has 0 aromatic rings. The monoisotopic (exact) mass is 267 g/mol. The second-order valence-electron chi connectivity index (χ2n) is 6.47. The van der Waals surface area contributed by atoms with Crippen LogP contribution >= 0.6 is 0 Å². The number of carbonyl (C=O) groups is 2. The number of hydrogen-bond acceptors (Lipinski definition) is 3. The number of rotatable bonds is 4. The summed E-state index contributed by atoms with van der Waals surface area (Å²) >= 11 is 0. The summed E-state index contributed by atoms with van der Waals surface area (Å²) in [5, 5.41) is 0. The standard InChI is InChI=1S/C14H25N3O2/c1-14(2,15)6-5-12(18)16-7-9-17(10-8-16)13(19)11-3-4-11/h11H,3-10,15H2,1-2H3. The molecule has 2 amide bonds. The Bertz CT molecular complexity index is 350. The molecule has 19 heavy (non-hydrogen) atoms. The van der Waals surface area contributed by atoms with E-state index in [1.54, 1.807) is 0 Å². The molecule has 2 rings (SSSR count). The minimum Gasteiger partial charge on any atom is -0.339 e. The van der Waals surface area contributed by atoms with Crippen molar-refractivity contribution in [3.8, 4) is 0 Å². The Hall–Kier alpha value is -1.10. The molecule has 1 aliphatic heterocycles. The summed E-state index contributed by atoms with van der Waals surface area (Å²) in [7, 11) is 0. The second kappa shape index (κ2) is 5.49. The van der Waals surface area contributed by atoms with Gasteiger partial charge >= 0.3 is 0 Å². The van der Waals surface area contributed by atoms with Crippen LogP contribution in [0.5, 0.6) is 0 Å². The normalized spacial score (nSPS) is 20.6. The van der Waals surface area contributed by atoms with E-state index in [0.717, 1.165) is 12.8 Å². The Morgan fingerprint density at radius 1 is 1.11 bits per heavy atom. The van der Waals surface area contributed by atoms with Crippen molar-refractivity contribution < 1.29 is 9.59 Å². The lowest BCUT2D eigenvalue weighted by Gasteiger charge is -2.35. The maximum atomic E-state index is 12.0. The number of carbonyl (C=O) groups excluding carboxylic acids is 2. The summed E-state index contributed by atoms with van der Waals surface area (Å²) in [5.41, 5.74) is 5.60. The van der Waals surface area contributed by atoms with Crippen LogP contribution in [0.4, 0.5) is 0 Å². The van der Waals surface area contributed by atoms with Crippen molar-refractivity contribution in [2.24, 2.45) is 11.7 Å². The lowest BCUT2D eigenvalue weighted by molar-refractivity contribution is -0.140. The van der Waals surface area contributed by atoms with Crippen LogP contribution in [-0.2, 0) is 9.59 Å². The van der Waals surface area contributed by atoms with E-state index in [9.17, 15) is 9.59 Å². The maximum Gasteiger partial charge on any atom is 0.225 e. The Morgan fingerprint density at radius 2 is 1.63 bits per heavy atom. The highest BCUT2D eigenvalue weighted by Crippen LogP contribution is 2.31. The average Bonchev–Trinajstić information content (AvgIpc) is 3.18. The zero-order valence-corrected chi connectivity index (χ0v) is 12.0. The lowest BCUT2D eigenvalue weighted by atomic mass is 9.99. The molecule has 0 atom stereocenters. The zero-order chi connectivity index (χ0) is 14.0. The Labute approximate surface area is 115 Å². The number of nitrogens with two attached hydrogens (primary N) is 1. The largest absolute Gasteiger partial charge is 0.339 e. The number of hydrogen-bond donors (Lipinski definition) is 1. The summed E-state index contributed by atoms with van der Waals surface area (Å²) in [6, 6.07) is 0. The molecule has 2 aliphatic rings. The minimum absolute atomic E-state index is 0.164. The molecule has 0 bridgehead atoms. The van der Waals surface area contributed by atoms with Crippen molar-refractivity contribution in [1.82, 2.24) is 9.80 Å². The van der Waals surface area contributed by atoms with Crippen LogP contribution < -0.4 is 5.73 Å². The van der Waals surface area contributed by atoms with Gasteiger partial charge in [0.2, 0.25) is 11.8 Å². The van der Waals surface area contributed by atoms with Gasteiger partial charge in [-0.25, -0.2) is 0 Å². The van der Waals surface area contributed by atoms with Crippen molar-refractivity contribution in [2.75, 3.05) is 26.2 Å². The van der Waals surface area contributed by atoms with Gasteiger partial charge in [-0.15, -0.1) is 0 Å². The predicted molar refractivity (Wildman–Crippen MR) is 73.4 cm³/mol. The van der Waals surface area contributed by atoms with E-state index in [1.807, 2.05) is 23.6 Å². The summed E-state index contributed by atoms with van der Waals surface area (Å²) in [5.74, 6) is 0.729. The number of nitrogens with zero attached hydrogens (tertiary/aromatic N) is 2. The van der Waals surface area contributed by atoms with Gasteiger partial charge < -0.3 is 15.5 Å². The highest BCUT2D eigenvalue weighted by Gasteiger charge is 2.35. The molecule has 2 fully saturated rings. The average molecular weight is 267 g/mol. The van der Waals surface area contributed by atoms with Crippen LogP contribution in [0.3, 0.4) is 0 Å². The van der Waals surface area contributed by atoms with Gasteiger partial charge in [0.05, 0.1) is 0 Å². The van der Waals surface area contributed by atoms with E-state index in [1.165, 1.54) is 0 Å². The molecular formula is C14H25N3O2. The fourth-order valence-corrected chi connectivity index (χ4v) is 2.35. The predicted octanol–water partition coefficient (Wildman–Crippen LogP) is 0.585. The Balaban J connectivity index is 1.73. The molecule has 1 aliphatic carbocycles. The van der Waals surface area contributed by atoms with Crippen LogP contribution in [-0.4, -0.2) is 53.3 Å². The Morgan fingerprint density at radius 3 is 2.11 bits per heavy atom. The lowest BCUT2D eigenvalue weighted by Crippen LogP contribution is -2.51. The third kappa shape index (κ3) is 4.20. The minimum atomic E-state index is -0.292. The van der Waals surface area contributed by atoms with E-state index < -0.39 is 0 Å². The summed E-state index contributed by atoms with van der Waals surface area (Å²) in [6.45, 7) is 6.59. The fraction of sp³-hybridized carbons (Fsp3) is 0.857. The smallest absolute Gasteiger partial charge is 0.225 e. The third-order valence-electron chi connectivity index (χ3n) is 3.85. The molecular weight excluding hydrogens is 242 g/mol. The molecule has 0 radical (unpaired) electrons. The van der Waals surface area contributed by atoms with E-state index in [2.05, 4.69) is 0 Å². The molecule has 1 saturated heterocycles. The number of piperazine rings is 1. The first kappa shape index (κ1) is 14.3. The summed E-state index contributed by atoms with van der Waals surface area (Å²) in [4.78, 5) is 27.7. The molecule has 5 nitrogen and oxygen atoms in total. The van der Waals surface area contributed by atoms with Crippen molar-refractivity contribution in [1.29, 1.82) is 0 Å². The molecule has 108 valence electrons. The quantitative estimate of drug-likeness (QED) is 0.810. The van der Waals surface area contributed by atoms with Crippen molar-refractivity contribution in [3.63, 3.8) is 0 Å². The third-order valence-corrected chi connectivity index (χ3v) is 3.85. The van der Waals surface area contributed by atoms with Gasteiger partial charge in [0.15, 0.2) is 0 Å². The molecule has 1 heterocycles. The van der Waals surface area contributed by atoms with Gasteiger partial charge in [-0.2, -0.15) is 0 Å². The van der Waals surface area contributed by atoms with Gasteiger partial charge in [0, 0.05) is 44.1 Å². The van der Waals surface area contributed by atoms with E-state index in [4.69, 9.17) is 5.73 Å². The first-order chi connectivity index (χ1) is 8.87. The molecule has 0 aromatic heterocycles. The van der Waals surface area contributed by atoms with Crippen LogP contribution in [0.1, 0.15) is 39.5 Å². The molecule has 1 saturated carbocycles. The fourth-order valence-electron chi connectivity index (χ4n) is 2.35. The van der Waals surface area contributed by atoms with Crippen LogP contribution in [0.25, 0.3) is 0 Å². The molecule has 5 heteroatoms. The van der Waals surface area contributed by atoms with Crippen molar-refractivity contribution >= 4 is 11.8 Å². The SMILES string of the molecule is CC(C)(N)CCC(=O)N1CCN(C(=O)C2CC2)CC1. The van der Waals surface area contributed by atoms with Crippen LogP contribution in [0, 0.1) is 5.92 Å². The van der Waals surface area contributed by atoms with Gasteiger partial charge in [-0.3, -0.25) is 9.59 Å². The van der Waals surface area contributed by atoms with Crippen molar-refractivity contribution in [3.05, 3.63) is 0 Å². The van der Waals surface area contributed by atoms with Crippen LogP contribution in [0.2, 0.25) is 0 Å². The second-order valence-corrected chi connectivity index (χ2v) is 6.47. The summed E-state index contributed by atoms with van der Waals surface area (Å²) in [6.07, 6.45) is 3.29. The highest BCUT2D eigenvalue weighted by molar-refractivity contribution is 5.81. The van der Waals surface area contributed by atoms with E-state index in [0.29, 0.717) is 39.0 Å². The number of amides is 2. The first-order valence-electron chi connectivity index (χ1n) is 7.22. The molecule has 0 spiro atoms. The highest BCUT2D eigenvalue weighted by atomic mass is 16.2. The maximum absolute atomic E-state index is 12.0.